The van der Waals surface area contributed by atoms with E-state index >= 15 is 0 Å². The first-order chi connectivity index (χ1) is 10.9. The number of urea groups is 1. The van der Waals surface area contributed by atoms with Crippen molar-refractivity contribution in [3.63, 3.8) is 0 Å². The summed E-state index contributed by atoms with van der Waals surface area (Å²) in [5.41, 5.74) is 11.3. The van der Waals surface area contributed by atoms with Gasteiger partial charge in [0, 0.05) is 0 Å². The molecule has 0 saturated carbocycles. The largest absolute Gasteiger partial charge is 0.473 e. The summed E-state index contributed by atoms with van der Waals surface area (Å²) < 4.78 is 5.71. The van der Waals surface area contributed by atoms with Crippen LogP contribution >= 0.6 is 0 Å². The van der Waals surface area contributed by atoms with Gasteiger partial charge in [-0.05, 0) is 62.1 Å². The minimum atomic E-state index is -0.356. The SMILES string of the molecule is Cc1ccc(N)c(NC(=O)NCOc2c(C)ccc(C)c2C)c1. The Balaban J connectivity index is 1.93. The highest BCUT2D eigenvalue weighted by atomic mass is 16.5. The molecule has 0 atom stereocenters. The fourth-order valence-electron chi connectivity index (χ4n) is 2.27. The molecule has 0 saturated heterocycles. The van der Waals surface area contributed by atoms with Gasteiger partial charge < -0.3 is 21.1 Å². The van der Waals surface area contributed by atoms with Gasteiger partial charge in [-0.15, -0.1) is 0 Å². The zero-order valence-electron chi connectivity index (χ0n) is 14.0. The van der Waals surface area contributed by atoms with Crippen LogP contribution in [0.1, 0.15) is 22.3 Å². The summed E-state index contributed by atoms with van der Waals surface area (Å²) in [5, 5.41) is 5.40. The molecule has 0 aromatic heterocycles. The van der Waals surface area contributed by atoms with Crippen molar-refractivity contribution in [2.24, 2.45) is 0 Å². The molecule has 2 rings (SSSR count). The number of nitrogens with two attached hydrogens (primary N) is 1. The van der Waals surface area contributed by atoms with E-state index in [1.807, 2.05) is 45.9 Å². The first kappa shape index (κ1) is 16.7. The minimum absolute atomic E-state index is 0.0860. The highest BCUT2D eigenvalue weighted by Crippen LogP contribution is 2.25. The van der Waals surface area contributed by atoms with Crippen LogP contribution in [0.25, 0.3) is 0 Å². The van der Waals surface area contributed by atoms with E-state index in [2.05, 4.69) is 16.7 Å². The van der Waals surface area contributed by atoms with Crippen molar-refractivity contribution in [1.29, 1.82) is 0 Å². The summed E-state index contributed by atoms with van der Waals surface area (Å²) in [6.07, 6.45) is 0. The van der Waals surface area contributed by atoms with E-state index in [0.717, 1.165) is 28.0 Å². The van der Waals surface area contributed by atoms with E-state index in [0.29, 0.717) is 11.4 Å². The fourth-order valence-corrected chi connectivity index (χ4v) is 2.27. The molecule has 0 heterocycles. The van der Waals surface area contributed by atoms with Gasteiger partial charge in [0.2, 0.25) is 0 Å². The molecule has 5 nitrogen and oxygen atoms in total. The highest BCUT2D eigenvalue weighted by molar-refractivity contribution is 5.92. The third kappa shape index (κ3) is 4.16. The number of rotatable bonds is 4. The number of nitrogens with one attached hydrogen (secondary N) is 2. The number of hydrogen-bond donors (Lipinski definition) is 3. The number of aryl methyl sites for hydroxylation is 3. The maximum atomic E-state index is 11.9. The fraction of sp³-hybridized carbons (Fsp3) is 0.278. The molecule has 2 aromatic carbocycles. The van der Waals surface area contributed by atoms with Crippen molar-refractivity contribution >= 4 is 17.4 Å². The smallest absolute Gasteiger partial charge is 0.321 e. The van der Waals surface area contributed by atoms with Crippen LogP contribution in [0.4, 0.5) is 16.2 Å². The van der Waals surface area contributed by atoms with E-state index in [-0.39, 0.29) is 12.8 Å². The zero-order chi connectivity index (χ0) is 17.0. The number of hydrogen-bond acceptors (Lipinski definition) is 3. The quantitative estimate of drug-likeness (QED) is 0.595. The van der Waals surface area contributed by atoms with Crippen LogP contribution in [0, 0.1) is 27.7 Å². The Hall–Kier alpha value is -2.69. The summed E-state index contributed by atoms with van der Waals surface area (Å²) in [5.74, 6) is 0.806. The predicted molar refractivity (Wildman–Crippen MR) is 93.9 cm³/mol. The maximum Gasteiger partial charge on any atom is 0.321 e. The van der Waals surface area contributed by atoms with E-state index in [4.69, 9.17) is 10.5 Å². The Labute approximate surface area is 136 Å². The van der Waals surface area contributed by atoms with Crippen LogP contribution in [-0.2, 0) is 0 Å². The number of carbonyl (C=O) groups excluding carboxylic acids is 1. The number of anilines is 2. The third-order valence-electron chi connectivity index (χ3n) is 3.78. The number of nitrogen functional groups attached to an aromatic ring is 1. The van der Waals surface area contributed by atoms with Gasteiger partial charge in [-0.3, -0.25) is 0 Å². The van der Waals surface area contributed by atoms with Gasteiger partial charge in [0.05, 0.1) is 11.4 Å². The van der Waals surface area contributed by atoms with Gasteiger partial charge in [-0.2, -0.15) is 0 Å². The molecular weight excluding hydrogens is 290 g/mol. The molecule has 4 N–H and O–H groups in total. The normalized spacial score (nSPS) is 10.3. The lowest BCUT2D eigenvalue weighted by Gasteiger charge is -2.15. The molecule has 0 spiro atoms. The number of benzene rings is 2. The second kappa shape index (κ2) is 7.05. The van der Waals surface area contributed by atoms with Crippen molar-refractivity contribution in [1.82, 2.24) is 5.32 Å². The van der Waals surface area contributed by atoms with Crippen molar-refractivity contribution in [2.45, 2.75) is 27.7 Å². The van der Waals surface area contributed by atoms with Gasteiger partial charge in [-0.1, -0.05) is 18.2 Å². The summed E-state index contributed by atoms with van der Waals surface area (Å²) in [6.45, 7) is 8.04. The molecule has 0 unspecified atom stereocenters. The molecule has 0 aliphatic rings. The van der Waals surface area contributed by atoms with Crippen LogP contribution in [0.15, 0.2) is 30.3 Å². The second-order valence-electron chi connectivity index (χ2n) is 5.66. The molecule has 23 heavy (non-hydrogen) atoms. The van der Waals surface area contributed by atoms with Crippen LogP contribution < -0.4 is 21.1 Å². The number of carbonyl (C=O) groups is 1. The summed E-state index contributed by atoms with van der Waals surface area (Å²) >= 11 is 0. The van der Waals surface area contributed by atoms with Crippen LogP contribution in [0.2, 0.25) is 0 Å². The standard InChI is InChI=1S/C18H23N3O2/c1-11-5-8-15(19)16(9-11)21-18(22)20-10-23-17-13(3)7-6-12(2)14(17)4/h5-9H,10,19H2,1-4H3,(H2,20,21,22). The second-order valence-corrected chi connectivity index (χ2v) is 5.66. The lowest BCUT2D eigenvalue weighted by Crippen LogP contribution is -2.32. The average Bonchev–Trinajstić information content (AvgIpc) is 2.50. The zero-order valence-corrected chi connectivity index (χ0v) is 14.0. The lowest BCUT2D eigenvalue weighted by molar-refractivity contribution is 0.234. The first-order valence-corrected chi connectivity index (χ1v) is 7.49. The van der Waals surface area contributed by atoms with Crippen molar-refractivity contribution in [2.75, 3.05) is 17.8 Å². The third-order valence-corrected chi connectivity index (χ3v) is 3.78. The van der Waals surface area contributed by atoms with E-state index in [9.17, 15) is 4.79 Å². The highest BCUT2D eigenvalue weighted by Gasteiger charge is 2.08. The molecule has 0 aliphatic carbocycles. The number of ether oxygens (including phenoxy) is 1. The monoisotopic (exact) mass is 313 g/mol. The maximum absolute atomic E-state index is 11.9. The van der Waals surface area contributed by atoms with Crippen LogP contribution in [-0.4, -0.2) is 12.8 Å². The topological polar surface area (TPSA) is 76.4 Å². The molecular formula is C18H23N3O2. The van der Waals surface area contributed by atoms with E-state index in [1.54, 1.807) is 6.07 Å². The first-order valence-electron chi connectivity index (χ1n) is 7.49. The van der Waals surface area contributed by atoms with Gasteiger partial charge in [-0.25, -0.2) is 4.79 Å². The Morgan fingerprint density at radius 2 is 1.78 bits per heavy atom. The average molecular weight is 313 g/mol. The van der Waals surface area contributed by atoms with Crippen LogP contribution in [0.3, 0.4) is 0 Å². The summed E-state index contributed by atoms with van der Waals surface area (Å²) in [7, 11) is 0. The Morgan fingerprint density at radius 3 is 2.52 bits per heavy atom. The van der Waals surface area contributed by atoms with E-state index < -0.39 is 0 Å². The molecule has 0 aliphatic heterocycles. The van der Waals surface area contributed by atoms with Crippen molar-refractivity contribution in [3.8, 4) is 5.75 Å². The Bertz CT molecular complexity index is 726. The molecule has 5 heteroatoms. The summed E-state index contributed by atoms with van der Waals surface area (Å²) in [4.78, 5) is 11.9. The molecule has 0 bridgehead atoms. The van der Waals surface area contributed by atoms with E-state index in [1.165, 1.54) is 0 Å². The minimum Gasteiger partial charge on any atom is -0.473 e. The van der Waals surface area contributed by atoms with Crippen molar-refractivity contribution < 1.29 is 9.53 Å². The van der Waals surface area contributed by atoms with Gasteiger partial charge in [0.1, 0.15) is 5.75 Å². The van der Waals surface area contributed by atoms with Gasteiger partial charge >= 0.3 is 6.03 Å². The van der Waals surface area contributed by atoms with Gasteiger partial charge in [0.25, 0.3) is 0 Å². The molecule has 2 aromatic rings. The summed E-state index contributed by atoms with van der Waals surface area (Å²) in [6, 6.07) is 9.19. The molecule has 122 valence electrons. The molecule has 0 fully saturated rings. The van der Waals surface area contributed by atoms with Crippen LogP contribution in [0.5, 0.6) is 5.75 Å². The van der Waals surface area contributed by atoms with Crippen molar-refractivity contribution in [3.05, 3.63) is 52.6 Å². The predicted octanol–water partition coefficient (Wildman–Crippen LogP) is 3.66. The number of amides is 2. The Morgan fingerprint density at radius 1 is 1.09 bits per heavy atom. The van der Waals surface area contributed by atoms with Gasteiger partial charge in [0.15, 0.2) is 6.73 Å². The molecule has 2 amide bonds. The lowest BCUT2D eigenvalue weighted by atomic mass is 10.1. The molecule has 0 radical (unpaired) electrons. The Kier molecular flexibility index (Phi) is 5.11.